The number of carbonyl (C=O) groups is 2. The van der Waals surface area contributed by atoms with E-state index in [9.17, 15) is 9.59 Å². The molecule has 1 saturated heterocycles. The Bertz CT molecular complexity index is 234. The summed E-state index contributed by atoms with van der Waals surface area (Å²) >= 11 is 0. The monoisotopic (exact) mass is 215 g/mol. The average Bonchev–Trinajstić information content (AvgIpc) is 2.26. The fourth-order valence-corrected chi connectivity index (χ4v) is 1.57. The van der Waals surface area contributed by atoms with Gasteiger partial charge in [0.15, 0.2) is 5.78 Å². The van der Waals surface area contributed by atoms with Crippen molar-refractivity contribution in [2.45, 2.75) is 25.9 Å². The molecular weight excluding hydrogens is 198 g/mol. The minimum atomic E-state index is -0.292. The molecule has 1 aliphatic rings. The second-order valence-corrected chi connectivity index (χ2v) is 3.67. The number of amides is 1. The molecule has 0 atom stereocenters. The van der Waals surface area contributed by atoms with Crippen molar-refractivity contribution in [1.29, 1.82) is 0 Å². The molecule has 0 N–H and O–H groups in total. The Balaban J connectivity index is 2.23. The molecule has 86 valence electrons. The largest absolute Gasteiger partial charge is 0.453 e. The van der Waals surface area contributed by atoms with E-state index in [1.807, 2.05) is 0 Å². The minimum Gasteiger partial charge on any atom is -0.453 e. The molecule has 1 aliphatic heterocycles. The van der Waals surface area contributed by atoms with Gasteiger partial charge in [-0.25, -0.2) is 4.79 Å². The highest BCUT2D eigenvalue weighted by atomic mass is 16.5. The topological polar surface area (TPSA) is 55.8 Å². The maximum absolute atomic E-state index is 11.1. The summed E-state index contributed by atoms with van der Waals surface area (Å²) in [4.78, 5) is 23.5. The zero-order valence-corrected chi connectivity index (χ0v) is 9.19. The molecule has 1 heterocycles. The van der Waals surface area contributed by atoms with Crippen LogP contribution >= 0.6 is 0 Å². The SMILES string of the molecule is COC(=O)N1CCC(OCC(C)=O)CC1. The van der Waals surface area contributed by atoms with Gasteiger partial charge >= 0.3 is 6.09 Å². The molecule has 0 aromatic carbocycles. The first-order chi connectivity index (χ1) is 7.13. The number of ketones is 1. The van der Waals surface area contributed by atoms with Gasteiger partial charge in [-0.05, 0) is 19.8 Å². The minimum absolute atomic E-state index is 0.0328. The third kappa shape index (κ3) is 3.87. The summed E-state index contributed by atoms with van der Waals surface area (Å²) in [6.45, 7) is 2.94. The Morgan fingerprint density at radius 1 is 1.33 bits per heavy atom. The first-order valence-corrected chi connectivity index (χ1v) is 5.07. The van der Waals surface area contributed by atoms with Crippen molar-refractivity contribution in [2.75, 3.05) is 26.8 Å². The van der Waals surface area contributed by atoms with E-state index in [1.54, 1.807) is 4.90 Å². The quantitative estimate of drug-likeness (QED) is 0.699. The van der Waals surface area contributed by atoms with Gasteiger partial charge in [0.2, 0.25) is 0 Å². The van der Waals surface area contributed by atoms with Crippen LogP contribution < -0.4 is 0 Å². The van der Waals surface area contributed by atoms with Gasteiger partial charge in [0.05, 0.1) is 13.2 Å². The summed E-state index contributed by atoms with van der Waals surface area (Å²) in [5.41, 5.74) is 0. The van der Waals surface area contributed by atoms with E-state index in [2.05, 4.69) is 4.74 Å². The number of carbonyl (C=O) groups excluding carboxylic acids is 2. The fraction of sp³-hybridized carbons (Fsp3) is 0.800. The lowest BCUT2D eigenvalue weighted by atomic mass is 10.1. The number of Topliss-reactive ketones (excluding diaryl/α,β-unsaturated/α-hetero) is 1. The number of likely N-dealkylation sites (tertiary alicyclic amines) is 1. The lowest BCUT2D eigenvalue weighted by molar-refractivity contribution is -0.124. The summed E-state index contributed by atoms with van der Waals surface area (Å²) in [6, 6.07) is 0. The van der Waals surface area contributed by atoms with E-state index in [1.165, 1.54) is 14.0 Å². The van der Waals surface area contributed by atoms with Crippen LogP contribution in [0.5, 0.6) is 0 Å². The van der Waals surface area contributed by atoms with Crippen LogP contribution in [-0.4, -0.2) is 49.7 Å². The number of methoxy groups -OCH3 is 1. The third-order valence-corrected chi connectivity index (χ3v) is 2.40. The Morgan fingerprint density at radius 3 is 2.40 bits per heavy atom. The van der Waals surface area contributed by atoms with Crippen LogP contribution in [0.4, 0.5) is 4.79 Å². The molecule has 0 radical (unpaired) electrons. The van der Waals surface area contributed by atoms with E-state index in [4.69, 9.17) is 4.74 Å². The van der Waals surface area contributed by atoms with E-state index in [0.29, 0.717) is 13.1 Å². The lowest BCUT2D eigenvalue weighted by Gasteiger charge is -2.30. The summed E-state index contributed by atoms with van der Waals surface area (Å²) < 4.78 is 9.99. The van der Waals surface area contributed by atoms with Crippen LogP contribution in [0.1, 0.15) is 19.8 Å². The second-order valence-electron chi connectivity index (χ2n) is 3.67. The molecule has 5 heteroatoms. The molecule has 0 unspecified atom stereocenters. The summed E-state index contributed by atoms with van der Waals surface area (Å²) in [5, 5.41) is 0. The van der Waals surface area contributed by atoms with E-state index in [0.717, 1.165) is 12.8 Å². The highest BCUT2D eigenvalue weighted by Gasteiger charge is 2.23. The van der Waals surface area contributed by atoms with Crippen molar-refractivity contribution < 1.29 is 19.1 Å². The molecular formula is C10H17NO4. The summed E-state index contributed by atoms with van der Waals surface area (Å²) in [5.74, 6) is 0.0328. The lowest BCUT2D eigenvalue weighted by Crippen LogP contribution is -2.41. The fourth-order valence-electron chi connectivity index (χ4n) is 1.57. The Morgan fingerprint density at radius 2 is 1.93 bits per heavy atom. The van der Waals surface area contributed by atoms with Crippen molar-refractivity contribution in [2.24, 2.45) is 0 Å². The van der Waals surface area contributed by atoms with Gasteiger partial charge in [-0.3, -0.25) is 4.79 Å². The molecule has 0 aromatic rings. The van der Waals surface area contributed by atoms with Gasteiger partial charge in [-0.2, -0.15) is 0 Å². The number of hydrogen-bond acceptors (Lipinski definition) is 4. The average molecular weight is 215 g/mol. The van der Waals surface area contributed by atoms with Crippen molar-refractivity contribution in [3.63, 3.8) is 0 Å². The predicted molar refractivity (Wildman–Crippen MR) is 53.6 cm³/mol. The number of nitrogens with zero attached hydrogens (tertiary/aromatic N) is 1. The van der Waals surface area contributed by atoms with Gasteiger partial charge in [-0.15, -0.1) is 0 Å². The maximum atomic E-state index is 11.1. The highest BCUT2D eigenvalue weighted by Crippen LogP contribution is 2.14. The van der Waals surface area contributed by atoms with Gasteiger partial charge in [0.25, 0.3) is 0 Å². The van der Waals surface area contributed by atoms with Crippen LogP contribution in [0.2, 0.25) is 0 Å². The third-order valence-electron chi connectivity index (χ3n) is 2.40. The van der Waals surface area contributed by atoms with Gasteiger partial charge in [0.1, 0.15) is 6.61 Å². The first kappa shape index (κ1) is 12.0. The molecule has 15 heavy (non-hydrogen) atoms. The highest BCUT2D eigenvalue weighted by molar-refractivity contribution is 5.76. The smallest absolute Gasteiger partial charge is 0.409 e. The van der Waals surface area contributed by atoms with Crippen LogP contribution in [0.25, 0.3) is 0 Å². The van der Waals surface area contributed by atoms with Crippen molar-refractivity contribution >= 4 is 11.9 Å². The van der Waals surface area contributed by atoms with Crippen molar-refractivity contribution in [1.82, 2.24) is 4.90 Å². The zero-order chi connectivity index (χ0) is 11.3. The number of ether oxygens (including phenoxy) is 2. The molecule has 5 nitrogen and oxygen atoms in total. The van der Waals surface area contributed by atoms with Gasteiger partial charge in [-0.1, -0.05) is 0 Å². The molecule has 0 bridgehead atoms. The first-order valence-electron chi connectivity index (χ1n) is 5.07. The normalized spacial score (nSPS) is 17.6. The molecule has 1 rings (SSSR count). The van der Waals surface area contributed by atoms with Gasteiger partial charge in [0, 0.05) is 13.1 Å². The van der Waals surface area contributed by atoms with E-state index in [-0.39, 0.29) is 24.6 Å². The number of rotatable bonds is 3. The van der Waals surface area contributed by atoms with Crippen LogP contribution in [0.15, 0.2) is 0 Å². The maximum Gasteiger partial charge on any atom is 0.409 e. The molecule has 0 saturated carbocycles. The summed E-state index contributed by atoms with van der Waals surface area (Å²) in [6.07, 6.45) is 1.33. The van der Waals surface area contributed by atoms with Crippen LogP contribution in [-0.2, 0) is 14.3 Å². The van der Waals surface area contributed by atoms with Crippen molar-refractivity contribution in [3.8, 4) is 0 Å². The molecule has 0 aliphatic carbocycles. The summed E-state index contributed by atoms with van der Waals surface area (Å²) in [7, 11) is 1.38. The molecule has 0 aromatic heterocycles. The van der Waals surface area contributed by atoms with Crippen LogP contribution in [0, 0.1) is 0 Å². The van der Waals surface area contributed by atoms with E-state index < -0.39 is 0 Å². The van der Waals surface area contributed by atoms with Crippen molar-refractivity contribution in [3.05, 3.63) is 0 Å². The Hall–Kier alpha value is -1.10. The molecule has 0 spiro atoms. The molecule has 1 fully saturated rings. The standard InChI is InChI=1S/C10H17NO4/c1-8(12)7-15-9-3-5-11(6-4-9)10(13)14-2/h9H,3-7H2,1-2H3. The van der Waals surface area contributed by atoms with E-state index >= 15 is 0 Å². The second kappa shape index (κ2) is 5.70. The Labute approximate surface area is 89.3 Å². The predicted octanol–water partition coefficient (Wildman–Crippen LogP) is 0.823. The Kier molecular flexibility index (Phi) is 4.55. The van der Waals surface area contributed by atoms with Crippen LogP contribution in [0.3, 0.4) is 0 Å². The number of piperidine rings is 1. The van der Waals surface area contributed by atoms with Gasteiger partial charge < -0.3 is 14.4 Å². The molecule has 1 amide bonds. The zero-order valence-electron chi connectivity index (χ0n) is 9.19. The number of hydrogen-bond donors (Lipinski definition) is 0.